The molecule has 0 spiro atoms. The third-order valence-corrected chi connectivity index (χ3v) is 6.15. The molecule has 2 aromatic carbocycles. The summed E-state index contributed by atoms with van der Waals surface area (Å²) in [6.07, 6.45) is 0.294. The highest BCUT2D eigenvalue weighted by atomic mass is 32.2. The molecule has 0 unspecified atom stereocenters. The molecule has 0 bridgehead atoms. The van der Waals surface area contributed by atoms with Gasteiger partial charge in [-0.25, -0.2) is 9.52 Å². The van der Waals surface area contributed by atoms with Gasteiger partial charge in [-0.2, -0.15) is 8.42 Å². The molecule has 2 N–H and O–H groups in total. The van der Waals surface area contributed by atoms with Gasteiger partial charge >= 0.3 is 5.63 Å². The minimum Gasteiger partial charge on any atom is -0.432 e. The number of rotatable bonds is 6. The average Bonchev–Trinajstić information content (AvgIpc) is 2.71. The van der Waals surface area contributed by atoms with Crippen LogP contribution in [-0.2, 0) is 16.6 Å². The molecule has 1 aromatic heterocycles. The first-order chi connectivity index (χ1) is 14.6. The summed E-state index contributed by atoms with van der Waals surface area (Å²) in [5.41, 5.74) is 2.39. The first-order valence-electron chi connectivity index (χ1n) is 9.35. The zero-order valence-electron chi connectivity index (χ0n) is 17.6. The Morgan fingerprint density at radius 1 is 1.19 bits per heavy atom. The van der Waals surface area contributed by atoms with Gasteiger partial charge in [0.15, 0.2) is 0 Å². The summed E-state index contributed by atoms with van der Waals surface area (Å²) >= 11 is 5.14. The van der Waals surface area contributed by atoms with Gasteiger partial charge in [-0.3, -0.25) is 4.72 Å². The van der Waals surface area contributed by atoms with E-state index in [4.69, 9.17) is 21.4 Å². The predicted octanol–water partition coefficient (Wildman–Crippen LogP) is 2.79. The van der Waals surface area contributed by atoms with Crippen molar-refractivity contribution in [1.82, 2.24) is 9.62 Å². The zero-order chi connectivity index (χ0) is 22.8. The highest BCUT2D eigenvalue weighted by Gasteiger charge is 2.14. The molecule has 0 fully saturated rings. The van der Waals surface area contributed by atoms with Gasteiger partial charge in [0.1, 0.15) is 11.3 Å². The van der Waals surface area contributed by atoms with Gasteiger partial charge in [0.25, 0.3) is 15.4 Å². The van der Waals surface area contributed by atoms with Crippen LogP contribution in [0.3, 0.4) is 0 Å². The topological polar surface area (TPSA) is 101 Å². The van der Waals surface area contributed by atoms with E-state index >= 15 is 0 Å². The van der Waals surface area contributed by atoms with E-state index in [1.807, 2.05) is 19.1 Å². The van der Waals surface area contributed by atoms with E-state index in [0.717, 1.165) is 16.5 Å². The fourth-order valence-electron chi connectivity index (χ4n) is 2.99. The summed E-state index contributed by atoms with van der Waals surface area (Å²) in [5, 5.41) is 1.08. The van der Waals surface area contributed by atoms with Crippen LogP contribution in [0, 0.1) is 6.92 Å². The van der Waals surface area contributed by atoms with Crippen molar-refractivity contribution in [2.24, 2.45) is 0 Å². The highest BCUT2D eigenvalue weighted by molar-refractivity contribution is 7.90. The average molecular weight is 462 g/mol. The fraction of sp³-hybridized carbons (Fsp3) is 0.238. The maximum atomic E-state index is 12.7. The van der Waals surface area contributed by atoms with Crippen molar-refractivity contribution in [2.45, 2.75) is 13.3 Å². The molecule has 0 aliphatic rings. The summed E-state index contributed by atoms with van der Waals surface area (Å²) in [5.74, 6) is 0.478. The van der Waals surface area contributed by atoms with Crippen LogP contribution in [0.2, 0.25) is 0 Å². The Kier molecular flexibility index (Phi) is 6.63. The van der Waals surface area contributed by atoms with E-state index in [1.54, 1.807) is 49.3 Å². The SMILES string of the molecule is CNS(=O)(=O)Nc1cccc(Cc2c(C)c3ccc(OC(=S)N(C)C)cc3oc2=O)c1. The quantitative estimate of drug-likeness (QED) is 0.430. The number of anilines is 1. The smallest absolute Gasteiger partial charge is 0.340 e. The van der Waals surface area contributed by atoms with Crippen LogP contribution in [0.15, 0.2) is 51.7 Å². The number of fused-ring (bicyclic) bond motifs is 1. The molecule has 0 amide bonds. The second kappa shape index (κ2) is 9.04. The predicted molar refractivity (Wildman–Crippen MR) is 125 cm³/mol. The third-order valence-electron chi connectivity index (χ3n) is 4.66. The molecule has 0 aliphatic carbocycles. The molecular weight excluding hydrogens is 438 g/mol. The van der Waals surface area contributed by atoms with Gasteiger partial charge in [-0.15, -0.1) is 0 Å². The van der Waals surface area contributed by atoms with Crippen molar-refractivity contribution >= 4 is 44.3 Å². The number of hydrogen-bond acceptors (Lipinski definition) is 6. The number of thiocarbonyl (C=S) groups is 1. The normalized spacial score (nSPS) is 11.4. The third kappa shape index (κ3) is 5.40. The molecule has 0 saturated carbocycles. The molecule has 8 nitrogen and oxygen atoms in total. The van der Waals surface area contributed by atoms with Gasteiger partial charge in [0, 0.05) is 44.6 Å². The molecule has 10 heteroatoms. The summed E-state index contributed by atoms with van der Waals surface area (Å²) in [6, 6.07) is 12.1. The van der Waals surface area contributed by atoms with Crippen LogP contribution in [0.1, 0.15) is 16.7 Å². The van der Waals surface area contributed by atoms with Gasteiger partial charge in [0.2, 0.25) is 0 Å². The molecule has 0 radical (unpaired) electrons. The molecule has 3 aromatic rings. The zero-order valence-corrected chi connectivity index (χ0v) is 19.2. The van der Waals surface area contributed by atoms with Crippen LogP contribution in [0.4, 0.5) is 5.69 Å². The lowest BCUT2D eigenvalue weighted by molar-refractivity contribution is 0.448. The second-order valence-electron chi connectivity index (χ2n) is 7.10. The van der Waals surface area contributed by atoms with E-state index in [1.165, 1.54) is 7.05 Å². The van der Waals surface area contributed by atoms with Crippen molar-refractivity contribution in [3.63, 3.8) is 0 Å². The summed E-state index contributed by atoms with van der Waals surface area (Å²) in [6.45, 7) is 1.85. The van der Waals surface area contributed by atoms with E-state index in [2.05, 4.69) is 9.44 Å². The van der Waals surface area contributed by atoms with Crippen molar-refractivity contribution < 1.29 is 17.6 Å². The lowest BCUT2D eigenvalue weighted by atomic mass is 9.99. The number of aryl methyl sites for hydroxylation is 1. The number of nitrogens with zero attached hydrogens (tertiary/aromatic N) is 1. The van der Waals surface area contributed by atoms with Crippen LogP contribution < -0.4 is 19.8 Å². The summed E-state index contributed by atoms with van der Waals surface area (Å²) in [7, 11) is 1.24. The molecule has 3 rings (SSSR count). The largest absolute Gasteiger partial charge is 0.432 e. The van der Waals surface area contributed by atoms with Gasteiger partial charge < -0.3 is 14.1 Å². The Labute approximate surface area is 186 Å². The Morgan fingerprint density at radius 3 is 2.61 bits per heavy atom. The van der Waals surface area contributed by atoms with E-state index in [9.17, 15) is 13.2 Å². The number of benzene rings is 2. The fourth-order valence-corrected chi connectivity index (χ4v) is 3.63. The molecule has 0 aliphatic heterocycles. The van der Waals surface area contributed by atoms with Crippen LogP contribution in [-0.4, -0.2) is 39.6 Å². The Hall–Kier alpha value is -2.95. The van der Waals surface area contributed by atoms with Gasteiger partial charge in [-0.05, 0) is 54.5 Å². The minimum absolute atomic E-state index is 0.294. The maximum Gasteiger partial charge on any atom is 0.340 e. The van der Waals surface area contributed by atoms with Crippen LogP contribution in [0.5, 0.6) is 5.75 Å². The standard InChI is InChI=1S/C21H23N3O5S2/c1-13-17-9-8-16(28-21(30)24(3)4)12-19(17)29-20(25)18(13)11-14-6-5-7-15(10-14)23-31(26,27)22-2/h5-10,12,22-23H,11H2,1-4H3. The first-order valence-corrected chi connectivity index (χ1v) is 11.2. The first kappa shape index (κ1) is 22.7. The highest BCUT2D eigenvalue weighted by Crippen LogP contribution is 2.26. The molecule has 31 heavy (non-hydrogen) atoms. The van der Waals surface area contributed by atoms with E-state index < -0.39 is 15.8 Å². The summed E-state index contributed by atoms with van der Waals surface area (Å²) < 4.78 is 39.2. The molecular formula is C21H23N3O5S2. The molecule has 0 saturated heterocycles. The Morgan fingerprint density at radius 2 is 1.94 bits per heavy atom. The number of nitrogens with one attached hydrogen (secondary N) is 2. The lowest BCUT2D eigenvalue weighted by Gasteiger charge is -2.15. The molecule has 164 valence electrons. The summed E-state index contributed by atoms with van der Waals surface area (Å²) in [4.78, 5) is 14.4. The Bertz CT molecular complexity index is 1300. The second-order valence-corrected chi connectivity index (χ2v) is 9.07. The maximum absolute atomic E-state index is 12.7. The number of hydrogen-bond donors (Lipinski definition) is 2. The van der Waals surface area contributed by atoms with Gasteiger partial charge in [-0.1, -0.05) is 12.1 Å². The monoisotopic (exact) mass is 461 g/mol. The van der Waals surface area contributed by atoms with Crippen LogP contribution in [0.25, 0.3) is 11.0 Å². The van der Waals surface area contributed by atoms with Gasteiger partial charge in [0.05, 0.1) is 5.69 Å². The minimum atomic E-state index is -3.63. The van der Waals surface area contributed by atoms with Crippen molar-refractivity contribution in [3.05, 3.63) is 69.6 Å². The number of ether oxygens (including phenoxy) is 1. The van der Waals surface area contributed by atoms with E-state index in [0.29, 0.717) is 34.2 Å². The van der Waals surface area contributed by atoms with E-state index in [-0.39, 0.29) is 0 Å². The van der Waals surface area contributed by atoms with Crippen molar-refractivity contribution in [1.29, 1.82) is 0 Å². The van der Waals surface area contributed by atoms with Crippen molar-refractivity contribution in [2.75, 3.05) is 25.9 Å². The lowest BCUT2D eigenvalue weighted by Crippen LogP contribution is -2.26. The molecule has 0 atom stereocenters. The van der Waals surface area contributed by atoms with Crippen LogP contribution >= 0.6 is 12.2 Å². The molecule has 1 heterocycles. The van der Waals surface area contributed by atoms with Crippen molar-refractivity contribution in [3.8, 4) is 5.75 Å². The Balaban J connectivity index is 1.93.